The Morgan fingerprint density at radius 1 is 1.23 bits per heavy atom. The highest BCUT2D eigenvalue weighted by Gasteiger charge is 2.50. The van der Waals surface area contributed by atoms with Gasteiger partial charge in [-0.15, -0.1) is 0 Å². The molecule has 22 heavy (non-hydrogen) atoms. The van der Waals surface area contributed by atoms with Gasteiger partial charge in [0.05, 0.1) is 30.0 Å². The van der Waals surface area contributed by atoms with E-state index < -0.39 is 0 Å². The molecule has 0 bridgehead atoms. The predicted octanol–water partition coefficient (Wildman–Crippen LogP) is 2.65. The molecule has 0 aromatic heterocycles. The van der Waals surface area contributed by atoms with Crippen LogP contribution in [0.4, 0.5) is 0 Å². The molecule has 2 aliphatic rings. The Balaban J connectivity index is 1.82. The minimum absolute atomic E-state index is 0.0568. The molecule has 3 rings (SSSR count). The summed E-state index contributed by atoms with van der Waals surface area (Å²) in [5.74, 6) is -0.420. The van der Waals surface area contributed by atoms with E-state index in [9.17, 15) is 9.59 Å². The highest BCUT2D eigenvalue weighted by Crippen LogP contribution is 2.41. The Kier molecular flexibility index (Phi) is 3.58. The highest BCUT2D eigenvalue weighted by molar-refractivity contribution is 6.05. The van der Waals surface area contributed by atoms with Crippen molar-refractivity contribution in [3.63, 3.8) is 0 Å². The van der Waals surface area contributed by atoms with E-state index in [1.807, 2.05) is 13.8 Å². The number of imide groups is 1. The zero-order chi connectivity index (χ0) is 15.9. The molecule has 2 amide bonds. The summed E-state index contributed by atoms with van der Waals surface area (Å²) >= 11 is 0. The third kappa shape index (κ3) is 2.33. The van der Waals surface area contributed by atoms with E-state index in [0.717, 1.165) is 5.56 Å². The van der Waals surface area contributed by atoms with Gasteiger partial charge in [-0.3, -0.25) is 14.5 Å². The van der Waals surface area contributed by atoms with Crippen LogP contribution in [0.15, 0.2) is 35.9 Å². The van der Waals surface area contributed by atoms with Crippen LogP contribution in [0.5, 0.6) is 0 Å². The van der Waals surface area contributed by atoms with Crippen molar-refractivity contribution in [2.24, 2.45) is 17.8 Å². The second kappa shape index (κ2) is 5.42. The van der Waals surface area contributed by atoms with Gasteiger partial charge in [0, 0.05) is 0 Å². The van der Waals surface area contributed by atoms with Crippen molar-refractivity contribution >= 4 is 11.8 Å². The summed E-state index contributed by atoms with van der Waals surface area (Å²) in [7, 11) is 0. The molecular weight excluding hydrogens is 276 g/mol. The van der Waals surface area contributed by atoms with Gasteiger partial charge in [0.15, 0.2) is 0 Å². The second-order valence-electron chi connectivity index (χ2n) is 6.28. The summed E-state index contributed by atoms with van der Waals surface area (Å²) in [6.45, 7) is 4.33. The van der Waals surface area contributed by atoms with Crippen LogP contribution in [0.2, 0.25) is 0 Å². The summed E-state index contributed by atoms with van der Waals surface area (Å²) in [4.78, 5) is 26.6. The Morgan fingerprint density at radius 3 is 2.55 bits per heavy atom. The van der Waals surface area contributed by atoms with E-state index in [1.165, 1.54) is 10.5 Å². The molecule has 112 valence electrons. The van der Waals surface area contributed by atoms with E-state index in [0.29, 0.717) is 18.5 Å². The Hall–Kier alpha value is -2.41. The smallest absolute Gasteiger partial charge is 0.234 e. The predicted molar refractivity (Wildman–Crippen MR) is 81.2 cm³/mol. The number of fused-ring (bicyclic) bond motifs is 1. The molecule has 0 radical (unpaired) electrons. The van der Waals surface area contributed by atoms with Gasteiger partial charge in [0.25, 0.3) is 0 Å². The molecule has 0 N–H and O–H groups in total. The SMILES string of the molecule is CC1=CC(C)C2C(=O)N(Cc3ccc(C#N)cc3)C(=O)C2C1. The van der Waals surface area contributed by atoms with Gasteiger partial charge in [0.1, 0.15) is 0 Å². The van der Waals surface area contributed by atoms with Crippen molar-refractivity contribution in [3.8, 4) is 6.07 Å². The van der Waals surface area contributed by atoms with Crippen LogP contribution in [0.3, 0.4) is 0 Å². The van der Waals surface area contributed by atoms with Crippen molar-refractivity contribution in [2.75, 3.05) is 0 Å². The van der Waals surface area contributed by atoms with Gasteiger partial charge < -0.3 is 0 Å². The number of hydrogen-bond donors (Lipinski definition) is 0. The molecule has 4 nitrogen and oxygen atoms in total. The number of nitrogens with zero attached hydrogens (tertiary/aromatic N) is 2. The summed E-state index contributed by atoms with van der Waals surface area (Å²) in [6, 6.07) is 9.08. The lowest BCUT2D eigenvalue weighted by molar-refractivity contribution is -0.140. The van der Waals surface area contributed by atoms with E-state index in [-0.39, 0.29) is 29.6 Å². The van der Waals surface area contributed by atoms with Crippen LogP contribution in [0.25, 0.3) is 0 Å². The molecule has 1 aliphatic heterocycles. The monoisotopic (exact) mass is 294 g/mol. The maximum atomic E-state index is 12.6. The minimum atomic E-state index is -0.213. The van der Waals surface area contributed by atoms with Crippen molar-refractivity contribution in [1.29, 1.82) is 5.26 Å². The average molecular weight is 294 g/mol. The lowest BCUT2D eigenvalue weighted by atomic mass is 9.76. The van der Waals surface area contributed by atoms with Gasteiger partial charge in [-0.2, -0.15) is 5.26 Å². The van der Waals surface area contributed by atoms with Gasteiger partial charge >= 0.3 is 0 Å². The van der Waals surface area contributed by atoms with Crippen LogP contribution in [-0.2, 0) is 16.1 Å². The number of rotatable bonds is 2. The number of allylic oxidation sites excluding steroid dienone is 2. The van der Waals surface area contributed by atoms with Crippen molar-refractivity contribution in [1.82, 2.24) is 4.90 Å². The zero-order valence-electron chi connectivity index (χ0n) is 12.7. The van der Waals surface area contributed by atoms with Crippen molar-refractivity contribution < 1.29 is 9.59 Å². The molecule has 3 atom stereocenters. The molecule has 1 saturated heterocycles. The standard InChI is InChI=1S/C18H18N2O2/c1-11-7-12(2)16-15(8-11)17(21)20(18(16)22)10-14-5-3-13(9-19)4-6-14/h3-7,12,15-16H,8,10H2,1-2H3. The van der Waals surface area contributed by atoms with E-state index in [2.05, 4.69) is 12.1 Å². The highest BCUT2D eigenvalue weighted by atomic mass is 16.2. The number of nitriles is 1. The molecule has 0 saturated carbocycles. The zero-order valence-corrected chi connectivity index (χ0v) is 12.7. The summed E-state index contributed by atoms with van der Waals surface area (Å²) < 4.78 is 0. The van der Waals surface area contributed by atoms with Crippen LogP contribution >= 0.6 is 0 Å². The molecule has 1 heterocycles. The number of carbonyl (C=O) groups excluding carboxylic acids is 2. The molecule has 1 aromatic carbocycles. The van der Waals surface area contributed by atoms with Gasteiger partial charge in [-0.1, -0.05) is 30.7 Å². The maximum Gasteiger partial charge on any atom is 0.234 e. The largest absolute Gasteiger partial charge is 0.278 e. The second-order valence-corrected chi connectivity index (χ2v) is 6.28. The van der Waals surface area contributed by atoms with E-state index in [1.54, 1.807) is 24.3 Å². The number of carbonyl (C=O) groups is 2. The van der Waals surface area contributed by atoms with Crippen LogP contribution in [0, 0.1) is 29.1 Å². The first-order valence-electron chi connectivity index (χ1n) is 7.53. The fourth-order valence-electron chi connectivity index (χ4n) is 3.61. The lowest BCUT2D eigenvalue weighted by Crippen LogP contribution is -2.31. The Labute approximate surface area is 130 Å². The Bertz CT molecular complexity index is 697. The van der Waals surface area contributed by atoms with E-state index in [4.69, 9.17) is 5.26 Å². The van der Waals surface area contributed by atoms with Gasteiger partial charge in [-0.25, -0.2) is 0 Å². The lowest BCUT2D eigenvalue weighted by Gasteiger charge is -2.25. The van der Waals surface area contributed by atoms with Crippen LogP contribution in [0.1, 0.15) is 31.4 Å². The molecule has 0 spiro atoms. The average Bonchev–Trinajstić information content (AvgIpc) is 2.73. The molecular formula is C18H18N2O2. The first-order valence-corrected chi connectivity index (χ1v) is 7.53. The summed E-state index contributed by atoms with van der Waals surface area (Å²) in [5, 5.41) is 8.82. The number of likely N-dealkylation sites (tertiary alicyclic amines) is 1. The molecule has 1 aliphatic carbocycles. The number of hydrogen-bond acceptors (Lipinski definition) is 3. The van der Waals surface area contributed by atoms with Gasteiger partial charge in [0.2, 0.25) is 11.8 Å². The third-order valence-electron chi connectivity index (χ3n) is 4.65. The number of amides is 2. The maximum absolute atomic E-state index is 12.6. The normalized spacial score (nSPS) is 27.4. The fraction of sp³-hybridized carbons (Fsp3) is 0.389. The molecule has 1 aromatic rings. The minimum Gasteiger partial charge on any atom is -0.278 e. The first kappa shape index (κ1) is 14.5. The molecule has 4 heteroatoms. The number of benzene rings is 1. The third-order valence-corrected chi connectivity index (χ3v) is 4.65. The van der Waals surface area contributed by atoms with Crippen molar-refractivity contribution in [2.45, 2.75) is 26.8 Å². The molecule has 3 unspecified atom stereocenters. The Morgan fingerprint density at radius 2 is 1.91 bits per heavy atom. The quantitative estimate of drug-likeness (QED) is 0.622. The van der Waals surface area contributed by atoms with Crippen LogP contribution in [-0.4, -0.2) is 16.7 Å². The first-order chi connectivity index (χ1) is 10.5. The van der Waals surface area contributed by atoms with Crippen molar-refractivity contribution in [3.05, 3.63) is 47.0 Å². The van der Waals surface area contributed by atoms with E-state index >= 15 is 0 Å². The topological polar surface area (TPSA) is 61.2 Å². The van der Waals surface area contributed by atoms with Gasteiger partial charge in [-0.05, 0) is 37.0 Å². The fourth-order valence-corrected chi connectivity index (χ4v) is 3.61. The molecule has 1 fully saturated rings. The van der Waals surface area contributed by atoms with Crippen LogP contribution < -0.4 is 0 Å². The summed E-state index contributed by atoms with van der Waals surface area (Å²) in [5.41, 5.74) is 2.64. The summed E-state index contributed by atoms with van der Waals surface area (Å²) in [6.07, 6.45) is 2.79.